The number of nitrogens with one attached hydrogen (secondary N) is 1. The number of hydrogen-bond acceptors (Lipinski definition) is 3. The van der Waals surface area contributed by atoms with Crippen molar-refractivity contribution in [3.8, 4) is 5.75 Å². The zero-order valence-electron chi connectivity index (χ0n) is 13.4. The Morgan fingerprint density at radius 1 is 1.08 bits per heavy atom. The van der Waals surface area contributed by atoms with Crippen molar-refractivity contribution < 1.29 is 14.7 Å². The first-order valence-electron chi connectivity index (χ1n) is 7.40. The summed E-state index contributed by atoms with van der Waals surface area (Å²) in [6.45, 7) is 3.93. The van der Waals surface area contributed by atoms with Crippen LogP contribution in [0, 0.1) is 21.0 Å². The normalized spacial score (nSPS) is 15.8. The lowest BCUT2D eigenvalue weighted by atomic mass is 10.1. The monoisotopic (exact) mass is 560 g/mol. The molecule has 2 N–H and O–H groups in total. The average Bonchev–Trinajstić information content (AvgIpc) is 2.83. The number of carbonyl (C=O) groups excluding carboxylic acids is 2. The minimum absolute atomic E-state index is 0.00803. The number of phenolic OH excluding ortho intramolecular Hbond substituents is 1. The van der Waals surface area contributed by atoms with Crippen molar-refractivity contribution in [3.05, 3.63) is 59.7 Å². The first-order chi connectivity index (χ1) is 11.8. The van der Waals surface area contributed by atoms with Gasteiger partial charge in [0.05, 0.1) is 9.26 Å². The summed E-state index contributed by atoms with van der Waals surface area (Å²) >= 11 is 4.14. The lowest BCUT2D eigenvalue weighted by molar-refractivity contribution is -0.117. The fraction of sp³-hybridized carbons (Fsp3) is 0.111. The molecule has 3 rings (SSSR count). The van der Waals surface area contributed by atoms with Gasteiger partial charge in [0.15, 0.2) is 0 Å². The molecule has 128 valence electrons. The molecule has 1 aliphatic heterocycles. The molecule has 1 aliphatic rings. The van der Waals surface area contributed by atoms with Gasteiger partial charge in [0, 0.05) is 9.13 Å². The third-order valence-electron chi connectivity index (χ3n) is 4.00. The number of amides is 2. The number of hydrogen-bond donors (Lipinski definition) is 2. The summed E-state index contributed by atoms with van der Waals surface area (Å²) < 4.78 is 1.57. The molecule has 0 bridgehead atoms. The van der Waals surface area contributed by atoms with Gasteiger partial charge in [-0.25, -0.2) is 5.01 Å². The van der Waals surface area contributed by atoms with Gasteiger partial charge in [0.1, 0.15) is 11.3 Å². The van der Waals surface area contributed by atoms with Gasteiger partial charge in [0.2, 0.25) is 0 Å². The molecule has 0 aromatic heterocycles. The molecule has 2 aromatic rings. The molecule has 7 heteroatoms. The first kappa shape index (κ1) is 18.2. The molecular formula is C18H14I2N2O3. The van der Waals surface area contributed by atoms with E-state index in [-0.39, 0.29) is 11.3 Å². The molecule has 25 heavy (non-hydrogen) atoms. The second-order valence-electron chi connectivity index (χ2n) is 5.73. The van der Waals surface area contributed by atoms with Crippen LogP contribution in [0.1, 0.15) is 16.7 Å². The lowest BCUT2D eigenvalue weighted by Gasteiger charge is -2.16. The number of hydrazine groups is 1. The van der Waals surface area contributed by atoms with E-state index in [9.17, 15) is 14.7 Å². The van der Waals surface area contributed by atoms with E-state index in [0.717, 1.165) is 14.7 Å². The Hall–Kier alpha value is -1.62. The fourth-order valence-electron chi connectivity index (χ4n) is 2.46. The molecule has 2 aromatic carbocycles. The summed E-state index contributed by atoms with van der Waals surface area (Å²) in [5.74, 6) is -0.878. The van der Waals surface area contributed by atoms with Crippen molar-refractivity contribution in [3.63, 3.8) is 0 Å². The Bertz CT molecular complexity index is 938. The highest BCUT2D eigenvalue weighted by atomic mass is 127. The Labute approximate surface area is 172 Å². The Morgan fingerprint density at radius 2 is 1.80 bits per heavy atom. The maximum Gasteiger partial charge on any atom is 0.282 e. The summed E-state index contributed by atoms with van der Waals surface area (Å²) in [5.41, 5.74) is 5.75. The fourth-order valence-corrected chi connectivity index (χ4v) is 4.34. The number of carbonyl (C=O) groups is 2. The van der Waals surface area contributed by atoms with Crippen LogP contribution in [0.15, 0.2) is 35.9 Å². The third-order valence-corrected chi connectivity index (χ3v) is 5.44. The minimum Gasteiger partial charge on any atom is -0.506 e. The molecule has 0 atom stereocenters. The second-order valence-corrected chi connectivity index (χ2v) is 8.14. The quantitative estimate of drug-likeness (QED) is 0.335. The Balaban J connectivity index is 2.01. The predicted molar refractivity (Wildman–Crippen MR) is 113 cm³/mol. The maximum atomic E-state index is 12.7. The molecule has 1 heterocycles. The molecule has 1 saturated heterocycles. The number of anilines is 1. The van der Waals surface area contributed by atoms with E-state index in [1.807, 2.05) is 54.6 Å². The number of aromatic hydroxyl groups is 1. The summed E-state index contributed by atoms with van der Waals surface area (Å²) in [5, 5.41) is 11.4. The molecule has 0 spiro atoms. The molecule has 0 unspecified atom stereocenters. The summed E-state index contributed by atoms with van der Waals surface area (Å²) in [6.07, 6.45) is 1.43. The standard InChI is InChI=1S/C18H14I2N2O3/c1-9-3-4-13(5-10(9)2)22-18(25)14(17(24)21-22)7-11-6-12(19)8-15(20)16(11)23/h3-8,23H,1-2H3,(H,21,24). The van der Waals surface area contributed by atoms with E-state index >= 15 is 0 Å². The molecular weight excluding hydrogens is 546 g/mol. The SMILES string of the molecule is Cc1ccc(N2NC(=O)C(=Cc3cc(I)cc(I)c3O)C2=O)cc1C. The molecule has 0 radical (unpaired) electrons. The van der Waals surface area contributed by atoms with E-state index < -0.39 is 11.8 Å². The van der Waals surface area contributed by atoms with E-state index in [2.05, 4.69) is 28.0 Å². The maximum absolute atomic E-state index is 12.7. The number of halogens is 2. The second kappa shape index (κ2) is 6.94. The predicted octanol–water partition coefficient (Wildman–Crippen LogP) is 3.68. The van der Waals surface area contributed by atoms with Gasteiger partial charge in [-0.15, -0.1) is 0 Å². The van der Waals surface area contributed by atoms with Crippen LogP contribution in [0.25, 0.3) is 6.08 Å². The molecule has 2 amide bonds. The van der Waals surface area contributed by atoms with Crippen molar-refractivity contribution in [2.75, 3.05) is 5.01 Å². The summed E-state index contributed by atoms with van der Waals surface area (Å²) in [4.78, 5) is 25.0. The van der Waals surface area contributed by atoms with E-state index in [1.54, 1.807) is 12.1 Å². The molecule has 0 saturated carbocycles. The molecule has 1 fully saturated rings. The highest BCUT2D eigenvalue weighted by Gasteiger charge is 2.34. The van der Waals surface area contributed by atoms with Crippen LogP contribution >= 0.6 is 45.2 Å². The van der Waals surface area contributed by atoms with Crippen LogP contribution in [0.5, 0.6) is 5.75 Å². The van der Waals surface area contributed by atoms with Crippen molar-refractivity contribution >= 4 is 68.8 Å². The van der Waals surface area contributed by atoms with Crippen LogP contribution in [0.2, 0.25) is 0 Å². The van der Waals surface area contributed by atoms with Crippen molar-refractivity contribution in [1.29, 1.82) is 0 Å². The smallest absolute Gasteiger partial charge is 0.282 e. The number of nitrogens with zero attached hydrogens (tertiary/aromatic N) is 1. The molecule has 0 aliphatic carbocycles. The number of phenols is 1. The van der Waals surface area contributed by atoms with Crippen LogP contribution < -0.4 is 10.4 Å². The highest BCUT2D eigenvalue weighted by molar-refractivity contribution is 14.1. The Kier molecular flexibility index (Phi) is 5.05. The van der Waals surface area contributed by atoms with Gasteiger partial charge < -0.3 is 5.11 Å². The molecule has 5 nitrogen and oxygen atoms in total. The minimum atomic E-state index is -0.489. The topological polar surface area (TPSA) is 69.6 Å². The van der Waals surface area contributed by atoms with Crippen molar-refractivity contribution in [1.82, 2.24) is 5.43 Å². The first-order valence-corrected chi connectivity index (χ1v) is 9.56. The summed E-state index contributed by atoms with van der Waals surface area (Å²) in [7, 11) is 0. The van der Waals surface area contributed by atoms with Crippen LogP contribution in [-0.2, 0) is 9.59 Å². The van der Waals surface area contributed by atoms with Crippen molar-refractivity contribution in [2.24, 2.45) is 0 Å². The number of aryl methyl sites for hydroxylation is 2. The van der Waals surface area contributed by atoms with Crippen LogP contribution in [-0.4, -0.2) is 16.9 Å². The van der Waals surface area contributed by atoms with Crippen LogP contribution in [0.3, 0.4) is 0 Å². The highest BCUT2D eigenvalue weighted by Crippen LogP contribution is 2.30. The zero-order valence-corrected chi connectivity index (χ0v) is 17.7. The number of rotatable bonds is 2. The van der Waals surface area contributed by atoms with Gasteiger partial charge in [-0.3, -0.25) is 15.0 Å². The third kappa shape index (κ3) is 3.52. The number of benzene rings is 2. The van der Waals surface area contributed by atoms with E-state index in [0.29, 0.717) is 14.8 Å². The van der Waals surface area contributed by atoms with Crippen molar-refractivity contribution in [2.45, 2.75) is 13.8 Å². The lowest BCUT2D eigenvalue weighted by Crippen LogP contribution is -2.35. The summed E-state index contributed by atoms with van der Waals surface area (Å²) in [6, 6.07) is 9.08. The van der Waals surface area contributed by atoms with Gasteiger partial charge in [-0.05, 0) is 100 Å². The van der Waals surface area contributed by atoms with Gasteiger partial charge in [0.25, 0.3) is 11.8 Å². The average molecular weight is 560 g/mol. The van der Waals surface area contributed by atoms with E-state index in [1.165, 1.54) is 11.1 Å². The van der Waals surface area contributed by atoms with E-state index in [4.69, 9.17) is 0 Å². The Morgan fingerprint density at radius 3 is 2.48 bits per heavy atom. The van der Waals surface area contributed by atoms with Gasteiger partial charge in [-0.1, -0.05) is 6.07 Å². The van der Waals surface area contributed by atoms with Crippen LogP contribution in [0.4, 0.5) is 5.69 Å². The largest absolute Gasteiger partial charge is 0.506 e. The zero-order chi connectivity index (χ0) is 18.3. The van der Waals surface area contributed by atoms with Gasteiger partial charge >= 0.3 is 0 Å². The van der Waals surface area contributed by atoms with Gasteiger partial charge in [-0.2, -0.15) is 0 Å².